The summed E-state index contributed by atoms with van der Waals surface area (Å²) in [5, 5.41) is 0.417. The first-order valence-electron chi connectivity index (χ1n) is 8.04. The molecule has 6 nitrogen and oxygen atoms in total. The molecule has 0 saturated heterocycles. The summed E-state index contributed by atoms with van der Waals surface area (Å²) >= 11 is 6.10. The smallest absolute Gasteiger partial charge is 0.305 e. The third-order valence-electron chi connectivity index (χ3n) is 3.79. The molecule has 0 aliphatic rings. The third-order valence-corrected chi connectivity index (χ3v) is 4.08. The summed E-state index contributed by atoms with van der Waals surface area (Å²) in [7, 11) is 1.72. The zero-order chi connectivity index (χ0) is 17.7. The van der Waals surface area contributed by atoms with E-state index in [1.165, 1.54) is 0 Å². The van der Waals surface area contributed by atoms with Crippen molar-refractivity contribution in [2.24, 2.45) is 0 Å². The lowest BCUT2D eigenvalue weighted by atomic mass is 10.1. The van der Waals surface area contributed by atoms with Crippen LogP contribution in [0.25, 0.3) is 11.0 Å². The summed E-state index contributed by atoms with van der Waals surface area (Å²) in [5.41, 5.74) is 2.16. The maximum Gasteiger partial charge on any atom is 0.305 e. The van der Waals surface area contributed by atoms with Crippen LogP contribution in [0.4, 0.5) is 0 Å². The number of hydrogen-bond donors (Lipinski definition) is 0. The Kier molecular flexibility index (Phi) is 6.20. The predicted octanol–water partition coefficient (Wildman–Crippen LogP) is 3.12. The van der Waals surface area contributed by atoms with Crippen LogP contribution in [0.2, 0.25) is 5.28 Å². The van der Waals surface area contributed by atoms with Gasteiger partial charge in [-0.25, -0.2) is 4.98 Å². The number of ether oxygens (including phenoxy) is 1. The minimum atomic E-state index is -0.237. The number of rotatable bonds is 7. The Morgan fingerprint density at radius 2 is 2.08 bits per heavy atom. The molecule has 0 fully saturated rings. The molecule has 2 rings (SSSR count). The zero-order valence-corrected chi connectivity index (χ0v) is 15.0. The monoisotopic (exact) mass is 351 g/mol. The molecule has 0 N–H and O–H groups in total. The van der Waals surface area contributed by atoms with E-state index < -0.39 is 0 Å². The molecule has 0 saturated carbocycles. The first-order chi connectivity index (χ1) is 11.5. The molecule has 0 radical (unpaired) electrons. The number of aryl methyl sites for hydroxylation is 1. The lowest BCUT2D eigenvalue weighted by molar-refractivity contribution is -0.143. The van der Waals surface area contributed by atoms with Gasteiger partial charge >= 0.3 is 5.97 Å². The maximum absolute atomic E-state index is 12.5. The second-order valence-electron chi connectivity index (χ2n) is 5.46. The molecule has 1 aromatic heterocycles. The summed E-state index contributed by atoms with van der Waals surface area (Å²) in [4.78, 5) is 29.7. The van der Waals surface area contributed by atoms with Crippen molar-refractivity contribution in [2.45, 2.75) is 33.2 Å². The number of carbonyl (C=O) groups excluding carboxylic acids is 2. The summed E-state index contributed by atoms with van der Waals surface area (Å²) < 4.78 is 6.76. The second kappa shape index (κ2) is 8.15. The number of halogens is 1. The van der Waals surface area contributed by atoms with Gasteiger partial charge in [-0.2, -0.15) is 0 Å². The van der Waals surface area contributed by atoms with Crippen molar-refractivity contribution in [1.29, 1.82) is 0 Å². The molecule has 1 amide bonds. The topological polar surface area (TPSA) is 64.4 Å². The lowest BCUT2D eigenvalue weighted by Crippen LogP contribution is -2.28. The van der Waals surface area contributed by atoms with Crippen molar-refractivity contribution in [3.8, 4) is 0 Å². The highest BCUT2D eigenvalue weighted by atomic mass is 35.5. The van der Waals surface area contributed by atoms with Gasteiger partial charge in [0, 0.05) is 32.1 Å². The molecule has 1 heterocycles. The molecule has 1 aromatic carbocycles. The summed E-state index contributed by atoms with van der Waals surface area (Å²) in [5.74, 6) is -0.345. The molecular formula is C17H22ClN3O3. The van der Waals surface area contributed by atoms with Crippen LogP contribution in [0.5, 0.6) is 0 Å². The number of benzene rings is 1. The van der Waals surface area contributed by atoms with Crippen LogP contribution in [-0.4, -0.2) is 46.5 Å². The van der Waals surface area contributed by atoms with E-state index >= 15 is 0 Å². The number of imidazole rings is 1. The van der Waals surface area contributed by atoms with E-state index in [2.05, 4.69) is 4.98 Å². The zero-order valence-electron chi connectivity index (χ0n) is 14.2. The fourth-order valence-corrected chi connectivity index (χ4v) is 2.85. The van der Waals surface area contributed by atoms with E-state index in [9.17, 15) is 9.59 Å². The first kappa shape index (κ1) is 18.3. The van der Waals surface area contributed by atoms with Crippen LogP contribution >= 0.6 is 11.6 Å². The SMILES string of the molecule is CCOC(=O)CCCN(C)C(=O)c1ccc2c(c1)nc(Cl)n2CC. The van der Waals surface area contributed by atoms with Crippen molar-refractivity contribution in [3.05, 3.63) is 29.0 Å². The summed E-state index contributed by atoms with van der Waals surface area (Å²) in [6.45, 7) is 5.34. The van der Waals surface area contributed by atoms with Crippen LogP contribution in [0.15, 0.2) is 18.2 Å². The fraction of sp³-hybridized carbons (Fsp3) is 0.471. The molecule has 0 unspecified atom stereocenters. The van der Waals surface area contributed by atoms with Gasteiger partial charge in [0.1, 0.15) is 0 Å². The Morgan fingerprint density at radius 1 is 1.33 bits per heavy atom. The minimum absolute atomic E-state index is 0.108. The Hall–Kier alpha value is -2.08. The number of carbonyl (C=O) groups is 2. The molecule has 7 heteroatoms. The van der Waals surface area contributed by atoms with Crippen LogP contribution in [0.3, 0.4) is 0 Å². The van der Waals surface area contributed by atoms with Crippen molar-refractivity contribution in [1.82, 2.24) is 14.5 Å². The number of hydrogen-bond acceptors (Lipinski definition) is 4. The molecule has 0 aliphatic heterocycles. The Balaban J connectivity index is 2.03. The molecule has 0 atom stereocenters. The lowest BCUT2D eigenvalue weighted by Gasteiger charge is -2.17. The van der Waals surface area contributed by atoms with E-state index in [0.29, 0.717) is 42.4 Å². The fourth-order valence-electron chi connectivity index (χ4n) is 2.55. The number of aromatic nitrogens is 2. The quantitative estimate of drug-likeness (QED) is 0.719. The van der Waals surface area contributed by atoms with Crippen LogP contribution < -0.4 is 0 Å². The van der Waals surface area contributed by atoms with Gasteiger partial charge in [-0.15, -0.1) is 0 Å². The van der Waals surface area contributed by atoms with E-state index in [4.69, 9.17) is 16.3 Å². The summed E-state index contributed by atoms with van der Waals surface area (Å²) in [6.07, 6.45) is 0.876. The average molecular weight is 352 g/mol. The molecule has 0 aliphatic carbocycles. The molecular weight excluding hydrogens is 330 g/mol. The van der Waals surface area contributed by atoms with Gasteiger partial charge in [0.05, 0.1) is 17.6 Å². The Bertz CT molecular complexity index is 742. The van der Waals surface area contributed by atoms with Gasteiger partial charge in [0.2, 0.25) is 5.28 Å². The number of esters is 1. The van der Waals surface area contributed by atoms with Gasteiger partial charge in [0.25, 0.3) is 5.91 Å². The number of fused-ring (bicyclic) bond motifs is 1. The highest BCUT2D eigenvalue weighted by Gasteiger charge is 2.15. The van der Waals surface area contributed by atoms with Gasteiger partial charge < -0.3 is 14.2 Å². The van der Waals surface area contributed by atoms with E-state index in [-0.39, 0.29) is 11.9 Å². The van der Waals surface area contributed by atoms with Crippen molar-refractivity contribution in [2.75, 3.05) is 20.2 Å². The third kappa shape index (κ3) is 4.06. The highest BCUT2D eigenvalue weighted by molar-refractivity contribution is 6.29. The van der Waals surface area contributed by atoms with E-state index in [0.717, 1.165) is 12.1 Å². The Labute approximate surface area is 146 Å². The summed E-state index contributed by atoms with van der Waals surface area (Å²) in [6, 6.07) is 5.38. The average Bonchev–Trinajstić information content (AvgIpc) is 2.88. The van der Waals surface area contributed by atoms with E-state index in [1.54, 1.807) is 31.0 Å². The maximum atomic E-state index is 12.5. The first-order valence-corrected chi connectivity index (χ1v) is 8.42. The Morgan fingerprint density at radius 3 is 2.75 bits per heavy atom. The normalized spacial score (nSPS) is 10.8. The molecule has 130 valence electrons. The van der Waals surface area contributed by atoms with Gasteiger partial charge in [-0.3, -0.25) is 9.59 Å². The van der Waals surface area contributed by atoms with Crippen molar-refractivity contribution < 1.29 is 14.3 Å². The van der Waals surface area contributed by atoms with Crippen LogP contribution in [0.1, 0.15) is 37.0 Å². The second-order valence-corrected chi connectivity index (χ2v) is 5.80. The van der Waals surface area contributed by atoms with Gasteiger partial charge in [0.15, 0.2) is 0 Å². The van der Waals surface area contributed by atoms with Gasteiger partial charge in [-0.05, 0) is 50.1 Å². The van der Waals surface area contributed by atoms with Crippen LogP contribution in [0, 0.1) is 0 Å². The standard InChI is InChI=1S/C17H22ClN3O3/c1-4-21-14-9-8-12(11-13(14)19-17(21)18)16(23)20(3)10-6-7-15(22)24-5-2/h8-9,11H,4-7,10H2,1-3H3. The number of amides is 1. The van der Waals surface area contributed by atoms with Crippen molar-refractivity contribution >= 4 is 34.5 Å². The molecule has 0 spiro atoms. The van der Waals surface area contributed by atoms with Crippen LogP contribution in [-0.2, 0) is 16.1 Å². The molecule has 2 aromatic rings. The number of nitrogens with zero attached hydrogens (tertiary/aromatic N) is 3. The largest absolute Gasteiger partial charge is 0.466 e. The van der Waals surface area contributed by atoms with E-state index in [1.807, 2.05) is 17.6 Å². The molecule has 24 heavy (non-hydrogen) atoms. The predicted molar refractivity (Wildman–Crippen MR) is 93.2 cm³/mol. The van der Waals surface area contributed by atoms with Crippen molar-refractivity contribution in [3.63, 3.8) is 0 Å². The van der Waals surface area contributed by atoms with Gasteiger partial charge in [-0.1, -0.05) is 0 Å². The minimum Gasteiger partial charge on any atom is -0.466 e. The molecule has 0 bridgehead atoms. The highest BCUT2D eigenvalue weighted by Crippen LogP contribution is 2.21.